The van der Waals surface area contributed by atoms with Crippen molar-refractivity contribution in [2.75, 3.05) is 40.3 Å². The van der Waals surface area contributed by atoms with Crippen molar-refractivity contribution in [3.05, 3.63) is 46.7 Å². The van der Waals surface area contributed by atoms with Crippen molar-refractivity contribution in [2.24, 2.45) is 10.9 Å². The number of aromatic nitrogens is 1. The third-order valence-corrected chi connectivity index (χ3v) is 6.10. The van der Waals surface area contributed by atoms with Crippen LogP contribution < -0.4 is 15.4 Å². The molecule has 0 unspecified atom stereocenters. The van der Waals surface area contributed by atoms with E-state index in [1.807, 2.05) is 20.9 Å². The van der Waals surface area contributed by atoms with E-state index in [1.54, 1.807) is 7.11 Å². The Labute approximate surface area is 186 Å². The molecular formula is C24H37N5O2. The summed E-state index contributed by atoms with van der Waals surface area (Å²) in [5.41, 5.74) is 3.41. The molecule has 0 radical (unpaired) electrons. The fraction of sp³-hybridized carbons (Fsp3) is 0.583. The van der Waals surface area contributed by atoms with Crippen LogP contribution >= 0.6 is 0 Å². The standard InChI is InChI=1S/C24H37N5O2/c1-17-6-7-20(14-22(17)30-5)8-11-26-24(25-4)27-15-21-9-12-29(13-10-21)16-23-28-18(2)19(3)31-23/h6-7,14,21H,8-13,15-16H2,1-5H3,(H2,25,26,27). The van der Waals surface area contributed by atoms with Gasteiger partial charge < -0.3 is 19.8 Å². The Morgan fingerprint density at radius 3 is 2.65 bits per heavy atom. The number of aliphatic imine (C=N–C) groups is 1. The lowest BCUT2D eigenvalue weighted by Crippen LogP contribution is -2.43. The Morgan fingerprint density at radius 1 is 1.23 bits per heavy atom. The van der Waals surface area contributed by atoms with Crippen LogP contribution in [-0.4, -0.2) is 56.2 Å². The molecule has 3 rings (SSSR count). The Balaban J connectivity index is 1.35. The number of rotatable bonds is 8. The summed E-state index contributed by atoms with van der Waals surface area (Å²) in [7, 11) is 3.55. The molecule has 1 aliphatic heterocycles. The van der Waals surface area contributed by atoms with Crippen molar-refractivity contribution >= 4 is 5.96 Å². The highest BCUT2D eigenvalue weighted by Gasteiger charge is 2.21. The summed E-state index contributed by atoms with van der Waals surface area (Å²) in [6.07, 6.45) is 3.27. The van der Waals surface area contributed by atoms with Gasteiger partial charge in [0.05, 0.1) is 19.3 Å². The minimum Gasteiger partial charge on any atom is -0.496 e. The summed E-state index contributed by atoms with van der Waals surface area (Å²) in [6, 6.07) is 6.38. The van der Waals surface area contributed by atoms with Crippen LogP contribution in [0.1, 0.15) is 41.3 Å². The Hall–Kier alpha value is -2.54. The summed E-state index contributed by atoms with van der Waals surface area (Å²) >= 11 is 0. The topological polar surface area (TPSA) is 74.9 Å². The lowest BCUT2D eigenvalue weighted by molar-refractivity contribution is 0.164. The van der Waals surface area contributed by atoms with Gasteiger partial charge in [0.2, 0.25) is 5.89 Å². The number of oxazole rings is 1. The van der Waals surface area contributed by atoms with Crippen LogP contribution in [0.25, 0.3) is 0 Å². The summed E-state index contributed by atoms with van der Waals surface area (Å²) < 4.78 is 11.1. The van der Waals surface area contributed by atoms with Gasteiger partial charge in [-0.15, -0.1) is 0 Å². The van der Waals surface area contributed by atoms with Crippen molar-refractivity contribution in [2.45, 2.75) is 46.6 Å². The molecule has 7 heteroatoms. The number of ether oxygens (including phenoxy) is 1. The van der Waals surface area contributed by atoms with Gasteiger partial charge in [0.15, 0.2) is 5.96 Å². The summed E-state index contributed by atoms with van der Waals surface area (Å²) in [6.45, 7) is 10.8. The van der Waals surface area contributed by atoms with E-state index in [9.17, 15) is 0 Å². The van der Waals surface area contributed by atoms with Gasteiger partial charge in [-0.2, -0.15) is 0 Å². The molecule has 0 spiro atoms. The number of methoxy groups -OCH3 is 1. The fourth-order valence-corrected chi connectivity index (χ4v) is 3.95. The molecule has 1 fully saturated rings. The number of hydrogen-bond donors (Lipinski definition) is 2. The highest BCUT2D eigenvalue weighted by Crippen LogP contribution is 2.20. The summed E-state index contributed by atoms with van der Waals surface area (Å²) in [4.78, 5) is 11.3. The maximum Gasteiger partial charge on any atom is 0.208 e. The van der Waals surface area contributed by atoms with E-state index in [1.165, 1.54) is 18.4 Å². The first-order chi connectivity index (χ1) is 15.0. The first-order valence-corrected chi connectivity index (χ1v) is 11.2. The lowest BCUT2D eigenvalue weighted by atomic mass is 9.97. The molecule has 1 aliphatic rings. The van der Waals surface area contributed by atoms with Crippen molar-refractivity contribution in [1.29, 1.82) is 0 Å². The van der Waals surface area contributed by atoms with Crippen molar-refractivity contribution < 1.29 is 9.15 Å². The monoisotopic (exact) mass is 427 g/mol. The number of guanidine groups is 1. The predicted molar refractivity (Wildman–Crippen MR) is 125 cm³/mol. The number of benzene rings is 1. The first-order valence-electron chi connectivity index (χ1n) is 11.2. The van der Waals surface area contributed by atoms with Gasteiger partial charge in [0, 0.05) is 20.1 Å². The van der Waals surface area contributed by atoms with Gasteiger partial charge in [0.25, 0.3) is 0 Å². The molecule has 0 bridgehead atoms. The Kier molecular flexibility index (Phi) is 8.35. The molecule has 0 saturated carbocycles. The number of likely N-dealkylation sites (tertiary alicyclic amines) is 1. The average Bonchev–Trinajstić information content (AvgIpc) is 3.09. The van der Waals surface area contributed by atoms with E-state index in [-0.39, 0.29) is 0 Å². The van der Waals surface area contributed by atoms with E-state index in [0.717, 1.165) is 73.8 Å². The largest absolute Gasteiger partial charge is 0.496 e. The average molecular weight is 428 g/mol. The number of hydrogen-bond acceptors (Lipinski definition) is 5. The minimum atomic E-state index is 0.657. The molecular weight excluding hydrogens is 390 g/mol. The summed E-state index contributed by atoms with van der Waals surface area (Å²) in [5, 5.41) is 6.92. The van der Waals surface area contributed by atoms with Gasteiger partial charge in [-0.05, 0) is 76.2 Å². The molecule has 7 nitrogen and oxygen atoms in total. The van der Waals surface area contributed by atoms with E-state index in [0.29, 0.717) is 5.92 Å². The molecule has 31 heavy (non-hydrogen) atoms. The van der Waals surface area contributed by atoms with E-state index >= 15 is 0 Å². The van der Waals surface area contributed by atoms with E-state index < -0.39 is 0 Å². The molecule has 170 valence electrons. The van der Waals surface area contributed by atoms with Crippen molar-refractivity contribution in [1.82, 2.24) is 20.5 Å². The van der Waals surface area contributed by atoms with Gasteiger partial charge in [-0.1, -0.05) is 12.1 Å². The highest BCUT2D eigenvalue weighted by molar-refractivity contribution is 5.79. The molecule has 2 aromatic rings. The number of nitrogens with zero attached hydrogens (tertiary/aromatic N) is 3. The zero-order valence-electron chi connectivity index (χ0n) is 19.6. The smallest absolute Gasteiger partial charge is 0.208 e. The van der Waals surface area contributed by atoms with Crippen molar-refractivity contribution in [3.63, 3.8) is 0 Å². The maximum atomic E-state index is 5.73. The molecule has 1 aromatic heterocycles. The molecule has 2 N–H and O–H groups in total. The van der Waals surface area contributed by atoms with E-state index in [2.05, 4.69) is 50.6 Å². The maximum absolute atomic E-state index is 5.73. The zero-order chi connectivity index (χ0) is 22.2. The fourth-order valence-electron chi connectivity index (χ4n) is 3.95. The van der Waals surface area contributed by atoms with Crippen LogP contribution in [0.4, 0.5) is 0 Å². The molecule has 0 atom stereocenters. The first kappa shape index (κ1) is 23.1. The number of piperidine rings is 1. The third kappa shape index (κ3) is 6.72. The summed E-state index contributed by atoms with van der Waals surface area (Å²) in [5.74, 6) is 4.23. The molecule has 1 aromatic carbocycles. The lowest BCUT2D eigenvalue weighted by Gasteiger charge is -2.31. The zero-order valence-corrected chi connectivity index (χ0v) is 19.6. The van der Waals surface area contributed by atoms with Crippen LogP contribution in [-0.2, 0) is 13.0 Å². The SMILES string of the molecule is CN=C(NCCc1ccc(C)c(OC)c1)NCC1CCN(Cc2nc(C)c(C)o2)CC1. The Bertz CT molecular complexity index is 849. The molecule has 2 heterocycles. The van der Waals surface area contributed by atoms with Gasteiger partial charge >= 0.3 is 0 Å². The van der Waals surface area contributed by atoms with Crippen LogP contribution in [0.3, 0.4) is 0 Å². The normalized spacial score (nSPS) is 15.8. The third-order valence-electron chi connectivity index (χ3n) is 6.10. The van der Waals surface area contributed by atoms with Crippen LogP contribution in [0.15, 0.2) is 27.6 Å². The highest BCUT2D eigenvalue weighted by atomic mass is 16.5. The van der Waals surface area contributed by atoms with Crippen LogP contribution in [0, 0.1) is 26.7 Å². The van der Waals surface area contributed by atoms with E-state index in [4.69, 9.17) is 9.15 Å². The number of nitrogens with one attached hydrogen (secondary N) is 2. The second-order valence-corrected chi connectivity index (χ2v) is 8.40. The van der Waals surface area contributed by atoms with Gasteiger partial charge in [-0.3, -0.25) is 9.89 Å². The second kappa shape index (κ2) is 11.2. The van der Waals surface area contributed by atoms with Crippen LogP contribution in [0.5, 0.6) is 5.75 Å². The molecule has 1 saturated heterocycles. The van der Waals surface area contributed by atoms with Crippen molar-refractivity contribution in [3.8, 4) is 5.75 Å². The minimum absolute atomic E-state index is 0.657. The number of aryl methyl sites for hydroxylation is 3. The van der Waals surface area contributed by atoms with Gasteiger partial charge in [-0.25, -0.2) is 4.98 Å². The van der Waals surface area contributed by atoms with Crippen LogP contribution in [0.2, 0.25) is 0 Å². The molecule has 0 aliphatic carbocycles. The van der Waals surface area contributed by atoms with Gasteiger partial charge in [0.1, 0.15) is 11.5 Å². The Morgan fingerprint density at radius 2 is 2.00 bits per heavy atom. The molecule has 0 amide bonds. The predicted octanol–water partition coefficient (Wildman–Crippen LogP) is 3.23. The second-order valence-electron chi connectivity index (χ2n) is 8.40. The quantitative estimate of drug-likeness (QED) is 0.498.